The molecule has 0 spiro atoms. The molecule has 0 heterocycles. The van der Waals surface area contributed by atoms with Crippen LogP contribution in [0.4, 0.5) is 0 Å². The Morgan fingerprint density at radius 1 is 0.952 bits per heavy atom. The summed E-state index contributed by atoms with van der Waals surface area (Å²) in [6, 6.07) is 12.8. The highest BCUT2D eigenvalue weighted by Gasteiger charge is 2.10. The molecule has 0 saturated carbocycles. The van der Waals surface area contributed by atoms with Gasteiger partial charge in [0.2, 0.25) is 0 Å². The van der Waals surface area contributed by atoms with Gasteiger partial charge in [-0.15, -0.1) is 0 Å². The largest absolute Gasteiger partial charge is 0.457 e. The van der Waals surface area contributed by atoms with E-state index in [9.17, 15) is 0 Å². The second-order valence-electron chi connectivity index (χ2n) is 5.85. The fourth-order valence-corrected chi connectivity index (χ4v) is 2.33. The Morgan fingerprint density at radius 3 is 2.33 bits per heavy atom. The van der Waals surface area contributed by atoms with Crippen molar-refractivity contribution in [2.75, 3.05) is 0 Å². The topological polar surface area (TPSA) is 35.2 Å². The Bertz CT molecular complexity index is 619. The van der Waals surface area contributed by atoms with Crippen LogP contribution in [0, 0.1) is 20.8 Å². The first-order valence-electron chi connectivity index (χ1n) is 7.59. The molecule has 0 aliphatic rings. The number of nitrogens with two attached hydrogens (primary N) is 1. The van der Waals surface area contributed by atoms with E-state index in [1.165, 1.54) is 16.7 Å². The van der Waals surface area contributed by atoms with Crippen molar-refractivity contribution in [3.05, 3.63) is 58.7 Å². The Morgan fingerprint density at radius 2 is 1.62 bits per heavy atom. The normalized spacial score (nSPS) is 12.2. The summed E-state index contributed by atoms with van der Waals surface area (Å²) in [5.74, 6) is 1.84. The lowest BCUT2D eigenvalue weighted by molar-refractivity contribution is 0.468. The Balaban J connectivity index is 2.32. The molecule has 2 aromatic carbocycles. The van der Waals surface area contributed by atoms with Crippen molar-refractivity contribution in [3.8, 4) is 11.5 Å². The van der Waals surface area contributed by atoms with Crippen LogP contribution in [0.3, 0.4) is 0 Å². The van der Waals surface area contributed by atoms with Crippen LogP contribution >= 0.6 is 0 Å². The Hall–Kier alpha value is -1.80. The third-order valence-corrected chi connectivity index (χ3v) is 3.79. The van der Waals surface area contributed by atoms with E-state index in [1.54, 1.807) is 0 Å². The first-order chi connectivity index (χ1) is 9.99. The zero-order valence-corrected chi connectivity index (χ0v) is 13.4. The van der Waals surface area contributed by atoms with Crippen molar-refractivity contribution in [2.45, 2.75) is 46.6 Å². The zero-order chi connectivity index (χ0) is 15.4. The quantitative estimate of drug-likeness (QED) is 0.864. The maximum atomic E-state index is 6.17. The van der Waals surface area contributed by atoms with Crippen molar-refractivity contribution >= 4 is 0 Å². The lowest BCUT2D eigenvalue weighted by Crippen LogP contribution is -2.21. The molecular weight excluding hydrogens is 258 g/mol. The first-order valence-corrected chi connectivity index (χ1v) is 7.59. The predicted octanol–water partition coefficient (Wildman–Crippen LogP) is 4.68. The minimum absolute atomic E-state index is 0.174. The molecule has 21 heavy (non-hydrogen) atoms. The molecule has 2 rings (SSSR count). The van der Waals surface area contributed by atoms with Crippen LogP contribution in [0.5, 0.6) is 11.5 Å². The van der Waals surface area contributed by atoms with Gasteiger partial charge in [-0.2, -0.15) is 0 Å². The van der Waals surface area contributed by atoms with Crippen molar-refractivity contribution in [1.29, 1.82) is 0 Å². The molecule has 0 bridgehead atoms. The molecule has 0 saturated heterocycles. The summed E-state index contributed by atoms with van der Waals surface area (Å²) < 4.78 is 6.17. The van der Waals surface area contributed by atoms with Crippen LogP contribution in [0.1, 0.15) is 35.6 Å². The van der Waals surface area contributed by atoms with Crippen LogP contribution in [-0.4, -0.2) is 6.04 Å². The number of rotatable bonds is 5. The van der Waals surface area contributed by atoms with Gasteiger partial charge in [-0.3, -0.25) is 0 Å². The summed E-state index contributed by atoms with van der Waals surface area (Å²) in [7, 11) is 0. The summed E-state index contributed by atoms with van der Waals surface area (Å²) in [5, 5.41) is 0. The van der Waals surface area contributed by atoms with Gasteiger partial charge < -0.3 is 10.5 Å². The summed E-state index contributed by atoms with van der Waals surface area (Å²) in [4.78, 5) is 0. The van der Waals surface area contributed by atoms with E-state index in [-0.39, 0.29) is 6.04 Å². The van der Waals surface area contributed by atoms with E-state index in [0.29, 0.717) is 0 Å². The van der Waals surface area contributed by atoms with E-state index in [4.69, 9.17) is 10.5 Å². The van der Waals surface area contributed by atoms with Gasteiger partial charge >= 0.3 is 0 Å². The predicted molar refractivity (Wildman–Crippen MR) is 89.1 cm³/mol. The summed E-state index contributed by atoms with van der Waals surface area (Å²) in [6.45, 7) is 8.37. The maximum Gasteiger partial charge on any atom is 0.130 e. The van der Waals surface area contributed by atoms with E-state index >= 15 is 0 Å². The van der Waals surface area contributed by atoms with Gasteiger partial charge in [0.1, 0.15) is 11.5 Å². The Labute approximate surface area is 127 Å². The van der Waals surface area contributed by atoms with Gasteiger partial charge in [0.25, 0.3) is 0 Å². The third kappa shape index (κ3) is 4.08. The number of hydrogen-bond donors (Lipinski definition) is 1. The van der Waals surface area contributed by atoms with Crippen molar-refractivity contribution in [1.82, 2.24) is 0 Å². The molecule has 112 valence electrons. The molecule has 2 N–H and O–H groups in total. The minimum Gasteiger partial charge on any atom is -0.457 e. The highest BCUT2D eigenvalue weighted by Crippen LogP contribution is 2.30. The number of benzene rings is 2. The number of ether oxygens (including phenoxy) is 1. The molecule has 2 nitrogen and oxygen atoms in total. The van der Waals surface area contributed by atoms with Crippen LogP contribution in [0.25, 0.3) is 0 Å². The van der Waals surface area contributed by atoms with Gasteiger partial charge in [0.15, 0.2) is 0 Å². The molecule has 0 radical (unpaired) electrons. The standard InChI is InChI=1S/C19H25NO/c1-5-17(20)12-16-10-13(2)7-9-18(16)21-19-11-14(3)6-8-15(19)4/h6-11,17H,5,12,20H2,1-4H3. The number of hydrogen-bond acceptors (Lipinski definition) is 2. The van der Waals surface area contributed by atoms with E-state index in [1.807, 2.05) is 0 Å². The van der Waals surface area contributed by atoms with Gasteiger partial charge in [0, 0.05) is 6.04 Å². The van der Waals surface area contributed by atoms with E-state index < -0.39 is 0 Å². The van der Waals surface area contributed by atoms with Crippen LogP contribution in [0.15, 0.2) is 36.4 Å². The van der Waals surface area contributed by atoms with Crippen molar-refractivity contribution < 1.29 is 4.74 Å². The maximum absolute atomic E-state index is 6.17. The molecule has 0 aliphatic carbocycles. The minimum atomic E-state index is 0.174. The van der Waals surface area contributed by atoms with Gasteiger partial charge in [0.05, 0.1) is 0 Å². The highest BCUT2D eigenvalue weighted by atomic mass is 16.5. The summed E-state index contributed by atoms with van der Waals surface area (Å²) in [5.41, 5.74) is 10.9. The summed E-state index contributed by atoms with van der Waals surface area (Å²) in [6.07, 6.45) is 1.81. The van der Waals surface area contributed by atoms with Crippen LogP contribution < -0.4 is 10.5 Å². The lowest BCUT2D eigenvalue weighted by atomic mass is 10.0. The first kappa shape index (κ1) is 15.6. The van der Waals surface area contributed by atoms with E-state index in [0.717, 1.165) is 29.9 Å². The molecule has 0 aromatic heterocycles. The average Bonchev–Trinajstić information content (AvgIpc) is 2.45. The fraction of sp³-hybridized carbons (Fsp3) is 0.368. The van der Waals surface area contributed by atoms with Crippen molar-refractivity contribution in [3.63, 3.8) is 0 Å². The summed E-state index contributed by atoms with van der Waals surface area (Å²) >= 11 is 0. The third-order valence-electron chi connectivity index (χ3n) is 3.79. The van der Waals surface area contributed by atoms with Crippen LogP contribution in [0.2, 0.25) is 0 Å². The zero-order valence-electron chi connectivity index (χ0n) is 13.4. The molecule has 0 aliphatic heterocycles. The average molecular weight is 283 g/mol. The SMILES string of the molecule is CCC(N)Cc1cc(C)ccc1Oc1cc(C)ccc1C. The second-order valence-corrected chi connectivity index (χ2v) is 5.85. The lowest BCUT2D eigenvalue weighted by Gasteiger charge is -2.16. The highest BCUT2D eigenvalue weighted by molar-refractivity contribution is 5.44. The smallest absolute Gasteiger partial charge is 0.130 e. The monoisotopic (exact) mass is 283 g/mol. The van der Waals surface area contributed by atoms with Crippen LogP contribution in [-0.2, 0) is 6.42 Å². The van der Waals surface area contributed by atoms with Gasteiger partial charge in [-0.25, -0.2) is 0 Å². The number of aryl methyl sites for hydroxylation is 3. The molecular formula is C19H25NO. The molecule has 0 amide bonds. The van der Waals surface area contributed by atoms with Gasteiger partial charge in [-0.1, -0.05) is 36.8 Å². The van der Waals surface area contributed by atoms with Gasteiger partial charge in [-0.05, 0) is 62.4 Å². The fourth-order valence-electron chi connectivity index (χ4n) is 2.33. The van der Waals surface area contributed by atoms with Crippen molar-refractivity contribution in [2.24, 2.45) is 5.73 Å². The molecule has 0 fully saturated rings. The molecule has 2 heteroatoms. The molecule has 1 atom stereocenters. The van der Waals surface area contributed by atoms with E-state index in [2.05, 4.69) is 64.1 Å². The molecule has 2 aromatic rings. The second kappa shape index (κ2) is 6.77. The Kier molecular flexibility index (Phi) is 5.03. The molecule has 1 unspecified atom stereocenters.